The molecule has 156 valence electrons. The number of benzene rings is 2. The number of halogens is 2. The number of carbonyl (C=O) groups excluding carboxylic acids is 2. The van der Waals surface area contributed by atoms with E-state index >= 15 is 0 Å². The Hall–Kier alpha value is -2.06. The van der Waals surface area contributed by atoms with Crippen molar-refractivity contribution in [2.24, 2.45) is 0 Å². The van der Waals surface area contributed by atoms with Crippen molar-refractivity contribution < 1.29 is 19.1 Å². The van der Waals surface area contributed by atoms with Gasteiger partial charge < -0.3 is 9.47 Å². The predicted molar refractivity (Wildman–Crippen MR) is 119 cm³/mol. The summed E-state index contributed by atoms with van der Waals surface area (Å²) >= 11 is 6.69. The van der Waals surface area contributed by atoms with Crippen LogP contribution in [0.2, 0.25) is 0 Å². The van der Waals surface area contributed by atoms with E-state index in [-0.39, 0.29) is 18.6 Å². The highest BCUT2D eigenvalue weighted by molar-refractivity contribution is 9.11. The average molecular weight is 528 g/mol. The molecule has 0 radical (unpaired) electrons. The van der Waals surface area contributed by atoms with Crippen molar-refractivity contribution in [1.82, 2.24) is 10.9 Å². The molecule has 0 aliphatic carbocycles. The fourth-order valence-corrected chi connectivity index (χ4v) is 3.46. The first-order valence-corrected chi connectivity index (χ1v) is 10.7. The SMILES string of the molecule is CCC(C)(C)c1ccc(OCC(=O)NNC(=O)COc2ccc(Br)cc2Br)cc1. The van der Waals surface area contributed by atoms with Crippen LogP contribution >= 0.6 is 31.9 Å². The van der Waals surface area contributed by atoms with Gasteiger partial charge in [0, 0.05) is 4.47 Å². The third-order valence-electron chi connectivity index (χ3n) is 4.48. The zero-order valence-corrected chi connectivity index (χ0v) is 19.7. The number of hydrazine groups is 1. The van der Waals surface area contributed by atoms with E-state index in [4.69, 9.17) is 9.47 Å². The highest BCUT2D eigenvalue weighted by atomic mass is 79.9. The number of rotatable bonds is 8. The first kappa shape index (κ1) is 23.2. The van der Waals surface area contributed by atoms with Crippen LogP contribution in [-0.4, -0.2) is 25.0 Å². The predicted octanol–water partition coefficient (Wildman–Crippen LogP) is 4.50. The largest absolute Gasteiger partial charge is 0.484 e. The van der Waals surface area contributed by atoms with Crippen LogP contribution in [0.1, 0.15) is 32.8 Å². The van der Waals surface area contributed by atoms with Crippen LogP contribution in [0.25, 0.3) is 0 Å². The van der Waals surface area contributed by atoms with Gasteiger partial charge in [0.1, 0.15) is 11.5 Å². The molecule has 0 saturated heterocycles. The number of ether oxygens (including phenoxy) is 2. The molecule has 0 aromatic heterocycles. The summed E-state index contributed by atoms with van der Waals surface area (Å²) in [4.78, 5) is 23.7. The summed E-state index contributed by atoms with van der Waals surface area (Å²) in [6.07, 6.45) is 1.03. The number of hydrogen-bond donors (Lipinski definition) is 2. The van der Waals surface area contributed by atoms with Gasteiger partial charge in [-0.15, -0.1) is 0 Å². The quantitative estimate of drug-likeness (QED) is 0.495. The highest BCUT2D eigenvalue weighted by Crippen LogP contribution is 2.28. The first-order chi connectivity index (χ1) is 13.7. The summed E-state index contributed by atoms with van der Waals surface area (Å²) in [5, 5.41) is 0. The summed E-state index contributed by atoms with van der Waals surface area (Å²) in [7, 11) is 0. The van der Waals surface area contributed by atoms with Gasteiger partial charge in [-0.05, 0) is 63.7 Å². The molecule has 2 amide bonds. The second-order valence-corrected chi connectivity index (χ2v) is 8.78. The molecule has 0 heterocycles. The molecule has 0 saturated carbocycles. The Morgan fingerprint density at radius 2 is 1.52 bits per heavy atom. The highest BCUT2D eigenvalue weighted by Gasteiger charge is 2.17. The van der Waals surface area contributed by atoms with E-state index in [0.29, 0.717) is 16.0 Å². The van der Waals surface area contributed by atoms with Crippen LogP contribution in [0.15, 0.2) is 51.4 Å². The van der Waals surface area contributed by atoms with Crippen LogP contribution in [0.3, 0.4) is 0 Å². The molecule has 2 aromatic carbocycles. The minimum Gasteiger partial charge on any atom is -0.484 e. The van der Waals surface area contributed by atoms with Crippen LogP contribution in [-0.2, 0) is 15.0 Å². The Morgan fingerprint density at radius 1 is 0.931 bits per heavy atom. The van der Waals surface area contributed by atoms with Gasteiger partial charge in [0.2, 0.25) is 0 Å². The normalized spacial score (nSPS) is 10.9. The molecule has 8 heteroatoms. The van der Waals surface area contributed by atoms with E-state index in [1.807, 2.05) is 30.3 Å². The number of nitrogens with one attached hydrogen (secondary N) is 2. The van der Waals surface area contributed by atoms with Gasteiger partial charge in [-0.1, -0.05) is 48.8 Å². The van der Waals surface area contributed by atoms with Gasteiger partial charge in [0.25, 0.3) is 11.8 Å². The van der Waals surface area contributed by atoms with Crippen LogP contribution in [0, 0.1) is 0 Å². The first-order valence-electron chi connectivity index (χ1n) is 9.10. The molecule has 0 aliphatic rings. The summed E-state index contributed by atoms with van der Waals surface area (Å²) in [5.74, 6) is 0.152. The third kappa shape index (κ3) is 7.36. The number of carbonyl (C=O) groups is 2. The van der Waals surface area contributed by atoms with Gasteiger partial charge in [-0.2, -0.15) is 0 Å². The molecule has 0 aliphatic heterocycles. The number of hydrogen-bond acceptors (Lipinski definition) is 4. The van der Waals surface area contributed by atoms with Gasteiger partial charge in [-0.3, -0.25) is 20.4 Å². The molecule has 0 unspecified atom stereocenters. The van der Waals surface area contributed by atoms with Gasteiger partial charge in [-0.25, -0.2) is 0 Å². The minimum absolute atomic E-state index is 0.0914. The molecule has 29 heavy (non-hydrogen) atoms. The second kappa shape index (κ2) is 10.6. The van der Waals surface area contributed by atoms with E-state index in [1.165, 1.54) is 5.56 Å². The summed E-state index contributed by atoms with van der Waals surface area (Å²) in [6, 6.07) is 13.0. The van der Waals surface area contributed by atoms with Crippen molar-refractivity contribution in [3.05, 3.63) is 57.0 Å². The van der Waals surface area contributed by atoms with Crippen molar-refractivity contribution in [3.63, 3.8) is 0 Å². The smallest absolute Gasteiger partial charge is 0.276 e. The van der Waals surface area contributed by atoms with E-state index in [0.717, 1.165) is 10.9 Å². The molecule has 0 bridgehead atoms. The van der Waals surface area contributed by atoms with Crippen molar-refractivity contribution in [1.29, 1.82) is 0 Å². The number of amides is 2. The molecular weight excluding hydrogens is 504 g/mol. The maximum Gasteiger partial charge on any atom is 0.276 e. The maximum absolute atomic E-state index is 11.9. The Labute approximate surface area is 187 Å². The lowest BCUT2D eigenvalue weighted by Crippen LogP contribution is -2.45. The lowest BCUT2D eigenvalue weighted by molar-refractivity contribution is -0.131. The average Bonchev–Trinajstić information content (AvgIpc) is 2.70. The second-order valence-electron chi connectivity index (χ2n) is 7.01. The zero-order valence-electron chi connectivity index (χ0n) is 16.6. The molecule has 2 rings (SSSR count). The van der Waals surface area contributed by atoms with Gasteiger partial charge in [0.15, 0.2) is 13.2 Å². The molecule has 6 nitrogen and oxygen atoms in total. The fourth-order valence-electron chi connectivity index (χ4n) is 2.30. The fraction of sp³-hybridized carbons (Fsp3) is 0.333. The molecule has 0 spiro atoms. The van der Waals surface area contributed by atoms with E-state index < -0.39 is 11.8 Å². The van der Waals surface area contributed by atoms with E-state index in [2.05, 4.69) is 63.5 Å². The molecule has 0 atom stereocenters. The van der Waals surface area contributed by atoms with Crippen LogP contribution < -0.4 is 20.3 Å². The topological polar surface area (TPSA) is 76.7 Å². The van der Waals surface area contributed by atoms with Crippen molar-refractivity contribution in [2.75, 3.05) is 13.2 Å². The molecule has 2 aromatic rings. The van der Waals surface area contributed by atoms with Crippen LogP contribution in [0.4, 0.5) is 0 Å². The summed E-state index contributed by atoms with van der Waals surface area (Å²) in [6.45, 7) is 6.05. The van der Waals surface area contributed by atoms with E-state index in [9.17, 15) is 9.59 Å². The monoisotopic (exact) mass is 526 g/mol. The summed E-state index contributed by atoms with van der Waals surface area (Å²) < 4.78 is 12.5. The van der Waals surface area contributed by atoms with Crippen molar-refractivity contribution >= 4 is 43.7 Å². The van der Waals surface area contributed by atoms with Crippen molar-refractivity contribution in [2.45, 2.75) is 32.6 Å². The summed E-state index contributed by atoms with van der Waals surface area (Å²) in [5.41, 5.74) is 5.88. The Kier molecular flexibility index (Phi) is 8.52. The van der Waals surface area contributed by atoms with Gasteiger partial charge >= 0.3 is 0 Å². The molecular formula is C21H24Br2N2O4. The standard InChI is InChI=1S/C21H24Br2N2O4/c1-4-21(2,3)14-5-8-16(9-6-14)28-12-19(26)24-25-20(27)13-29-18-10-7-15(22)11-17(18)23/h5-11H,4,12-13H2,1-3H3,(H,24,26)(H,25,27). The lowest BCUT2D eigenvalue weighted by atomic mass is 9.82. The Balaban J connectivity index is 1.72. The van der Waals surface area contributed by atoms with Crippen molar-refractivity contribution in [3.8, 4) is 11.5 Å². The minimum atomic E-state index is -0.487. The zero-order chi connectivity index (χ0) is 21.4. The van der Waals surface area contributed by atoms with Gasteiger partial charge in [0.05, 0.1) is 4.47 Å². The third-order valence-corrected chi connectivity index (χ3v) is 5.60. The molecule has 0 fully saturated rings. The van der Waals surface area contributed by atoms with Crippen LogP contribution in [0.5, 0.6) is 11.5 Å². The lowest BCUT2D eigenvalue weighted by Gasteiger charge is -2.23. The Morgan fingerprint density at radius 3 is 2.07 bits per heavy atom. The Bertz CT molecular complexity index is 854. The molecule has 2 N–H and O–H groups in total. The van der Waals surface area contributed by atoms with E-state index in [1.54, 1.807) is 12.1 Å². The maximum atomic E-state index is 11.9.